The van der Waals surface area contributed by atoms with Gasteiger partial charge in [-0.25, -0.2) is 0 Å². The molecular formula is C13H24O2. The zero-order valence-corrected chi connectivity index (χ0v) is 9.91. The Kier molecular flexibility index (Phi) is 10.5. The summed E-state index contributed by atoms with van der Waals surface area (Å²) < 4.78 is 10.3. The molecule has 0 aliphatic rings. The van der Waals surface area contributed by atoms with Gasteiger partial charge in [0.15, 0.2) is 0 Å². The van der Waals surface area contributed by atoms with Gasteiger partial charge in [-0.15, -0.1) is 0 Å². The van der Waals surface area contributed by atoms with E-state index < -0.39 is 0 Å². The molecule has 0 radical (unpaired) electrons. The van der Waals surface area contributed by atoms with Crippen LogP contribution in [0.15, 0.2) is 25.7 Å². The molecule has 2 heteroatoms. The van der Waals surface area contributed by atoms with Gasteiger partial charge in [0.05, 0.1) is 25.7 Å². The van der Waals surface area contributed by atoms with Gasteiger partial charge in [0, 0.05) is 0 Å². The molecule has 0 N–H and O–H groups in total. The van der Waals surface area contributed by atoms with E-state index in [4.69, 9.17) is 9.47 Å². The second-order valence-electron chi connectivity index (χ2n) is 3.69. The third kappa shape index (κ3) is 9.39. The molecular weight excluding hydrogens is 188 g/mol. The van der Waals surface area contributed by atoms with Gasteiger partial charge in [-0.1, -0.05) is 26.5 Å². The van der Waals surface area contributed by atoms with E-state index in [9.17, 15) is 0 Å². The van der Waals surface area contributed by atoms with E-state index in [1.54, 1.807) is 0 Å². The highest BCUT2D eigenvalue weighted by atomic mass is 16.5. The largest absolute Gasteiger partial charge is 0.502 e. The van der Waals surface area contributed by atoms with Crippen LogP contribution in [-0.4, -0.2) is 13.2 Å². The second kappa shape index (κ2) is 11.2. The first-order valence-corrected chi connectivity index (χ1v) is 5.80. The molecule has 0 saturated heterocycles. The van der Waals surface area contributed by atoms with Crippen molar-refractivity contribution < 1.29 is 9.47 Å². The van der Waals surface area contributed by atoms with Crippen molar-refractivity contribution in [2.45, 2.75) is 39.0 Å². The predicted molar refractivity (Wildman–Crippen MR) is 64.5 cm³/mol. The third-order valence-corrected chi connectivity index (χ3v) is 2.39. The molecule has 0 aromatic rings. The van der Waals surface area contributed by atoms with E-state index in [1.165, 1.54) is 38.2 Å². The van der Waals surface area contributed by atoms with Crippen molar-refractivity contribution in [3.63, 3.8) is 0 Å². The molecule has 0 bridgehead atoms. The molecule has 15 heavy (non-hydrogen) atoms. The lowest BCUT2D eigenvalue weighted by Crippen LogP contribution is -2.07. The summed E-state index contributed by atoms with van der Waals surface area (Å²) in [5.74, 6) is 0.664. The van der Waals surface area contributed by atoms with E-state index in [0.717, 1.165) is 19.6 Å². The summed E-state index contributed by atoms with van der Waals surface area (Å²) in [5, 5.41) is 0. The number of hydrogen-bond acceptors (Lipinski definition) is 2. The van der Waals surface area contributed by atoms with E-state index >= 15 is 0 Å². The highest BCUT2D eigenvalue weighted by Gasteiger charge is 2.07. The molecule has 0 rings (SSSR count). The topological polar surface area (TPSA) is 18.5 Å². The van der Waals surface area contributed by atoms with Gasteiger partial charge in [-0.2, -0.15) is 0 Å². The molecule has 0 spiro atoms. The van der Waals surface area contributed by atoms with Crippen LogP contribution in [0, 0.1) is 5.92 Å². The molecule has 0 aliphatic heterocycles. The Bertz CT molecular complexity index is 155. The first-order chi connectivity index (χ1) is 7.35. The Balaban J connectivity index is 3.46. The molecule has 0 saturated carbocycles. The summed E-state index contributed by atoms with van der Waals surface area (Å²) in [6.07, 6.45) is 8.99. The van der Waals surface area contributed by atoms with Crippen LogP contribution in [0.4, 0.5) is 0 Å². The van der Waals surface area contributed by atoms with Crippen LogP contribution in [-0.2, 0) is 9.47 Å². The van der Waals surface area contributed by atoms with Crippen molar-refractivity contribution in [1.29, 1.82) is 0 Å². The normalized spacial score (nSPS) is 11.8. The average molecular weight is 212 g/mol. The van der Waals surface area contributed by atoms with Crippen molar-refractivity contribution in [3.05, 3.63) is 25.7 Å². The molecule has 0 aliphatic carbocycles. The van der Waals surface area contributed by atoms with Gasteiger partial charge in [0.25, 0.3) is 0 Å². The highest BCUT2D eigenvalue weighted by Crippen LogP contribution is 2.15. The fourth-order valence-electron chi connectivity index (χ4n) is 1.63. The van der Waals surface area contributed by atoms with Crippen molar-refractivity contribution in [2.75, 3.05) is 13.2 Å². The van der Waals surface area contributed by atoms with E-state index in [0.29, 0.717) is 5.92 Å². The van der Waals surface area contributed by atoms with Crippen LogP contribution >= 0.6 is 0 Å². The van der Waals surface area contributed by atoms with Crippen molar-refractivity contribution in [2.24, 2.45) is 5.92 Å². The monoisotopic (exact) mass is 212 g/mol. The Hall–Kier alpha value is -0.920. The van der Waals surface area contributed by atoms with Gasteiger partial charge in [-0.3, -0.25) is 0 Å². The van der Waals surface area contributed by atoms with E-state index in [2.05, 4.69) is 20.1 Å². The zero-order valence-electron chi connectivity index (χ0n) is 9.91. The van der Waals surface area contributed by atoms with Gasteiger partial charge >= 0.3 is 0 Å². The Morgan fingerprint density at radius 2 is 1.80 bits per heavy atom. The molecule has 2 nitrogen and oxygen atoms in total. The SMILES string of the molecule is C=COCCCC[C@H](CCC)COC=C. The lowest BCUT2D eigenvalue weighted by molar-refractivity contribution is 0.175. The van der Waals surface area contributed by atoms with Crippen LogP contribution in [0.25, 0.3) is 0 Å². The maximum Gasteiger partial charge on any atom is 0.0901 e. The third-order valence-electron chi connectivity index (χ3n) is 2.39. The lowest BCUT2D eigenvalue weighted by atomic mass is 9.98. The first-order valence-electron chi connectivity index (χ1n) is 5.80. The van der Waals surface area contributed by atoms with Crippen molar-refractivity contribution in [1.82, 2.24) is 0 Å². The molecule has 0 unspecified atom stereocenters. The molecule has 0 amide bonds. The van der Waals surface area contributed by atoms with Crippen LogP contribution in [0.1, 0.15) is 39.0 Å². The van der Waals surface area contributed by atoms with Crippen LogP contribution in [0.3, 0.4) is 0 Å². The summed E-state index contributed by atoms with van der Waals surface area (Å²) >= 11 is 0. The van der Waals surface area contributed by atoms with Gasteiger partial charge in [-0.05, 0) is 31.6 Å². The second-order valence-corrected chi connectivity index (χ2v) is 3.69. The molecule has 0 fully saturated rings. The Morgan fingerprint density at radius 1 is 1.07 bits per heavy atom. The minimum atomic E-state index is 0.664. The molecule has 1 atom stereocenters. The lowest BCUT2D eigenvalue weighted by Gasteiger charge is -2.15. The number of ether oxygens (including phenoxy) is 2. The van der Waals surface area contributed by atoms with E-state index in [1.807, 2.05) is 0 Å². The summed E-state index contributed by atoms with van der Waals surface area (Å²) in [7, 11) is 0. The highest BCUT2D eigenvalue weighted by molar-refractivity contribution is 4.61. The Labute approximate surface area is 94.0 Å². The summed E-state index contributed by atoms with van der Waals surface area (Å²) in [4.78, 5) is 0. The first kappa shape index (κ1) is 14.1. The number of rotatable bonds is 11. The zero-order chi connectivity index (χ0) is 11.4. The summed E-state index contributed by atoms with van der Waals surface area (Å²) in [5.41, 5.74) is 0. The van der Waals surface area contributed by atoms with Crippen LogP contribution in [0.5, 0.6) is 0 Å². The number of unbranched alkanes of at least 4 members (excludes halogenated alkanes) is 1. The van der Waals surface area contributed by atoms with Gasteiger partial charge in [0.1, 0.15) is 0 Å². The average Bonchev–Trinajstić information content (AvgIpc) is 2.25. The smallest absolute Gasteiger partial charge is 0.0901 e. The van der Waals surface area contributed by atoms with Crippen LogP contribution < -0.4 is 0 Å². The summed E-state index contributed by atoms with van der Waals surface area (Å²) in [6, 6.07) is 0. The summed E-state index contributed by atoms with van der Waals surface area (Å²) in [6.45, 7) is 10.9. The maximum atomic E-state index is 5.24. The fraction of sp³-hybridized carbons (Fsp3) is 0.692. The minimum absolute atomic E-state index is 0.664. The van der Waals surface area contributed by atoms with Crippen LogP contribution in [0.2, 0.25) is 0 Å². The van der Waals surface area contributed by atoms with Gasteiger partial charge < -0.3 is 9.47 Å². The van der Waals surface area contributed by atoms with Gasteiger partial charge in [0.2, 0.25) is 0 Å². The quantitative estimate of drug-likeness (QED) is 0.382. The maximum absolute atomic E-state index is 5.24. The van der Waals surface area contributed by atoms with Crippen molar-refractivity contribution in [3.8, 4) is 0 Å². The predicted octanol–water partition coefficient (Wildman–Crippen LogP) is 3.89. The number of hydrogen-bond donors (Lipinski definition) is 0. The Morgan fingerprint density at radius 3 is 2.40 bits per heavy atom. The standard InChI is InChI=1S/C13H24O2/c1-4-9-13(12-15-6-3)10-7-8-11-14-5-2/h5-6,13H,2-4,7-12H2,1H3/t13-/m0/s1. The fourth-order valence-corrected chi connectivity index (χ4v) is 1.63. The van der Waals surface area contributed by atoms with E-state index in [-0.39, 0.29) is 0 Å². The molecule has 0 heterocycles. The molecule has 0 aromatic heterocycles. The minimum Gasteiger partial charge on any atom is -0.502 e. The molecule has 88 valence electrons. The molecule has 0 aromatic carbocycles. The van der Waals surface area contributed by atoms with Crippen molar-refractivity contribution >= 4 is 0 Å².